The van der Waals surface area contributed by atoms with E-state index in [2.05, 4.69) is 5.32 Å². The third-order valence-electron chi connectivity index (χ3n) is 5.42. The van der Waals surface area contributed by atoms with Gasteiger partial charge in [0.2, 0.25) is 0 Å². The monoisotopic (exact) mass is 458 g/mol. The number of fused-ring (bicyclic) bond motifs is 1. The van der Waals surface area contributed by atoms with Crippen molar-refractivity contribution in [2.24, 2.45) is 0 Å². The summed E-state index contributed by atoms with van der Waals surface area (Å²) < 4.78 is 32.7. The number of nitrogens with zero attached hydrogens (tertiary/aromatic N) is 1. The summed E-state index contributed by atoms with van der Waals surface area (Å²) in [6.45, 7) is 2.80. The van der Waals surface area contributed by atoms with E-state index in [1.54, 1.807) is 6.07 Å². The van der Waals surface area contributed by atoms with Gasteiger partial charge in [0.15, 0.2) is 0 Å². The molecular weight excluding hydrogens is 438 g/mol. The first-order chi connectivity index (χ1) is 15.3. The molecule has 0 saturated carbocycles. The predicted molar refractivity (Wildman–Crippen MR) is 118 cm³/mol. The van der Waals surface area contributed by atoms with Gasteiger partial charge in [0.1, 0.15) is 22.4 Å². The van der Waals surface area contributed by atoms with Crippen LogP contribution < -0.4 is 15.0 Å². The van der Waals surface area contributed by atoms with Gasteiger partial charge in [-0.25, -0.2) is 13.6 Å². The Bertz CT molecular complexity index is 1220. The number of carboxylic acid groups (broad SMARTS) is 1. The van der Waals surface area contributed by atoms with Crippen LogP contribution >= 0.6 is 11.3 Å². The number of anilines is 2. The van der Waals surface area contributed by atoms with Gasteiger partial charge in [-0.15, -0.1) is 11.3 Å². The van der Waals surface area contributed by atoms with Gasteiger partial charge >= 0.3 is 5.97 Å². The highest BCUT2D eigenvalue weighted by Gasteiger charge is 2.29. The Balaban J connectivity index is 1.63. The SMILES string of the molecule is COc1ccc(C(=O)Nc2sc3c(c2C(=O)O)CCN(c2ccc(F)cc2C)C3)c(F)c1. The van der Waals surface area contributed by atoms with Crippen LogP contribution in [-0.2, 0) is 13.0 Å². The lowest BCUT2D eigenvalue weighted by molar-refractivity contribution is 0.0697. The molecule has 0 spiro atoms. The number of aromatic carboxylic acids is 1. The molecule has 0 atom stereocenters. The van der Waals surface area contributed by atoms with Crippen LogP contribution in [0.4, 0.5) is 19.5 Å². The van der Waals surface area contributed by atoms with Gasteiger partial charge in [0, 0.05) is 23.2 Å². The molecule has 1 aromatic heterocycles. The van der Waals surface area contributed by atoms with E-state index in [4.69, 9.17) is 4.74 Å². The molecule has 2 heterocycles. The second-order valence-electron chi connectivity index (χ2n) is 7.42. The fourth-order valence-corrected chi connectivity index (χ4v) is 5.12. The van der Waals surface area contributed by atoms with E-state index in [0.29, 0.717) is 25.1 Å². The van der Waals surface area contributed by atoms with Gasteiger partial charge in [0.05, 0.1) is 24.8 Å². The lowest BCUT2D eigenvalue weighted by Crippen LogP contribution is -2.30. The van der Waals surface area contributed by atoms with Crippen LogP contribution in [0, 0.1) is 18.6 Å². The van der Waals surface area contributed by atoms with Gasteiger partial charge in [-0.2, -0.15) is 0 Å². The average Bonchev–Trinajstić information content (AvgIpc) is 3.10. The fraction of sp³-hybridized carbons (Fsp3) is 0.217. The quantitative estimate of drug-likeness (QED) is 0.571. The highest BCUT2D eigenvalue weighted by atomic mass is 32.1. The second-order valence-corrected chi connectivity index (χ2v) is 8.52. The first kappa shape index (κ1) is 21.8. The molecule has 0 radical (unpaired) electrons. The van der Waals surface area contributed by atoms with Gasteiger partial charge < -0.3 is 20.1 Å². The molecule has 1 aliphatic heterocycles. The van der Waals surface area contributed by atoms with E-state index in [9.17, 15) is 23.5 Å². The van der Waals surface area contributed by atoms with Crippen molar-refractivity contribution in [3.05, 3.63) is 75.2 Å². The van der Waals surface area contributed by atoms with Crippen molar-refractivity contribution in [2.75, 3.05) is 23.9 Å². The average molecular weight is 458 g/mol. The van der Waals surface area contributed by atoms with E-state index in [-0.39, 0.29) is 27.7 Å². The fourth-order valence-electron chi connectivity index (χ4n) is 3.87. The third kappa shape index (κ3) is 4.03. The van der Waals surface area contributed by atoms with Crippen LogP contribution in [0.1, 0.15) is 36.7 Å². The van der Waals surface area contributed by atoms with Gasteiger partial charge in [-0.3, -0.25) is 4.79 Å². The Labute approximate surface area is 187 Å². The van der Waals surface area contributed by atoms with E-state index >= 15 is 0 Å². The Morgan fingerprint density at radius 1 is 1.19 bits per heavy atom. The highest BCUT2D eigenvalue weighted by Crippen LogP contribution is 2.39. The topological polar surface area (TPSA) is 78.9 Å². The van der Waals surface area contributed by atoms with Crippen LogP contribution in [0.25, 0.3) is 0 Å². The Kier molecular flexibility index (Phi) is 5.84. The Morgan fingerprint density at radius 2 is 1.97 bits per heavy atom. The molecule has 0 fully saturated rings. The molecule has 1 amide bonds. The first-order valence-electron chi connectivity index (χ1n) is 9.82. The lowest BCUT2D eigenvalue weighted by Gasteiger charge is -2.30. The molecule has 32 heavy (non-hydrogen) atoms. The van der Waals surface area contributed by atoms with Crippen molar-refractivity contribution in [3.63, 3.8) is 0 Å². The number of ether oxygens (including phenoxy) is 1. The Hall–Kier alpha value is -3.46. The number of halogens is 2. The summed E-state index contributed by atoms with van der Waals surface area (Å²) in [5.74, 6) is -2.70. The van der Waals surface area contributed by atoms with E-state index < -0.39 is 17.7 Å². The van der Waals surface area contributed by atoms with Crippen molar-refractivity contribution >= 4 is 33.9 Å². The number of nitrogens with one attached hydrogen (secondary N) is 1. The molecule has 6 nitrogen and oxygen atoms in total. The third-order valence-corrected chi connectivity index (χ3v) is 6.55. The number of carbonyl (C=O) groups excluding carboxylic acids is 1. The maximum absolute atomic E-state index is 14.3. The number of methoxy groups -OCH3 is 1. The zero-order valence-electron chi connectivity index (χ0n) is 17.4. The molecule has 2 aromatic carbocycles. The lowest BCUT2D eigenvalue weighted by atomic mass is 10.0. The number of thiophene rings is 1. The normalized spacial score (nSPS) is 12.9. The van der Waals surface area contributed by atoms with Gasteiger partial charge in [-0.05, 0) is 54.8 Å². The number of carbonyl (C=O) groups is 2. The van der Waals surface area contributed by atoms with Crippen molar-refractivity contribution in [3.8, 4) is 5.75 Å². The molecule has 0 saturated heterocycles. The Morgan fingerprint density at radius 3 is 2.62 bits per heavy atom. The molecule has 166 valence electrons. The number of amides is 1. The number of hydrogen-bond acceptors (Lipinski definition) is 5. The summed E-state index contributed by atoms with van der Waals surface area (Å²) in [5.41, 5.74) is 2.13. The zero-order valence-corrected chi connectivity index (χ0v) is 18.2. The largest absolute Gasteiger partial charge is 0.497 e. The number of aryl methyl sites for hydroxylation is 1. The van der Waals surface area contributed by atoms with E-state index in [1.807, 2.05) is 11.8 Å². The molecule has 2 N–H and O–H groups in total. The molecule has 0 unspecified atom stereocenters. The molecule has 1 aliphatic rings. The predicted octanol–water partition coefficient (Wildman–Crippen LogP) is 4.86. The van der Waals surface area contributed by atoms with Crippen LogP contribution in [0.15, 0.2) is 36.4 Å². The van der Waals surface area contributed by atoms with Crippen molar-refractivity contribution in [2.45, 2.75) is 19.9 Å². The highest BCUT2D eigenvalue weighted by molar-refractivity contribution is 7.17. The summed E-state index contributed by atoms with van der Waals surface area (Å²) in [4.78, 5) is 27.5. The minimum Gasteiger partial charge on any atom is -0.497 e. The smallest absolute Gasteiger partial charge is 0.339 e. The number of benzene rings is 2. The van der Waals surface area contributed by atoms with Crippen LogP contribution in [0.2, 0.25) is 0 Å². The van der Waals surface area contributed by atoms with Gasteiger partial charge in [0.25, 0.3) is 5.91 Å². The molecule has 9 heteroatoms. The molecule has 0 aliphatic carbocycles. The number of carboxylic acids is 1. The molecule has 4 rings (SSSR count). The van der Waals surface area contributed by atoms with Crippen molar-refractivity contribution < 1.29 is 28.2 Å². The molecule has 0 bridgehead atoms. The van der Waals surface area contributed by atoms with Gasteiger partial charge in [-0.1, -0.05) is 0 Å². The summed E-state index contributed by atoms with van der Waals surface area (Å²) in [7, 11) is 1.39. The minimum absolute atomic E-state index is 0.0303. The van der Waals surface area contributed by atoms with Crippen LogP contribution in [-0.4, -0.2) is 30.6 Å². The summed E-state index contributed by atoms with van der Waals surface area (Å²) in [6, 6.07) is 8.39. The minimum atomic E-state index is -1.15. The van der Waals surface area contributed by atoms with E-state index in [0.717, 1.165) is 33.5 Å². The van der Waals surface area contributed by atoms with Crippen LogP contribution in [0.3, 0.4) is 0 Å². The van der Waals surface area contributed by atoms with Crippen molar-refractivity contribution in [1.82, 2.24) is 0 Å². The van der Waals surface area contributed by atoms with Crippen molar-refractivity contribution in [1.29, 1.82) is 0 Å². The van der Waals surface area contributed by atoms with E-state index in [1.165, 1.54) is 31.4 Å². The maximum Gasteiger partial charge on any atom is 0.339 e. The number of rotatable bonds is 5. The number of hydrogen-bond donors (Lipinski definition) is 2. The molecular formula is C23H20F2N2O4S. The maximum atomic E-state index is 14.3. The standard InChI is InChI=1S/C23H20F2N2O4S/c1-12-9-13(24)3-6-18(12)27-8-7-16-19(11-27)32-22(20(16)23(29)30)26-21(28)15-5-4-14(31-2)10-17(15)25/h3-6,9-10H,7-8,11H2,1-2H3,(H,26,28)(H,29,30). The van der Waals surface area contributed by atoms with Crippen LogP contribution in [0.5, 0.6) is 5.75 Å². The zero-order chi connectivity index (χ0) is 23.0. The second kappa shape index (κ2) is 8.58. The molecule has 3 aromatic rings. The summed E-state index contributed by atoms with van der Waals surface area (Å²) >= 11 is 1.16. The summed E-state index contributed by atoms with van der Waals surface area (Å²) in [5, 5.41) is 12.5. The summed E-state index contributed by atoms with van der Waals surface area (Å²) in [6.07, 6.45) is 0.455. The first-order valence-corrected chi connectivity index (χ1v) is 10.6.